The number of thiocarbonyl (C=S) groups is 1. The molecule has 0 saturated carbocycles. The summed E-state index contributed by atoms with van der Waals surface area (Å²) in [6.45, 7) is 1.64. The van der Waals surface area contributed by atoms with Crippen molar-refractivity contribution in [3.05, 3.63) is 88.8 Å². The number of halogens is 3. The molecule has 0 bridgehead atoms. The van der Waals surface area contributed by atoms with Gasteiger partial charge in [0.1, 0.15) is 0 Å². The Kier molecular flexibility index (Phi) is 8.38. The van der Waals surface area contributed by atoms with Crippen LogP contribution in [0, 0.1) is 0 Å². The van der Waals surface area contributed by atoms with Crippen LogP contribution in [0.1, 0.15) is 18.1 Å². The number of hydrogen-bond donors (Lipinski definition) is 1. The lowest BCUT2D eigenvalue weighted by Gasteiger charge is -2.14. The fraction of sp³-hybridized carbons (Fsp3) is 0.148. The average Bonchev–Trinajstić information content (AvgIpc) is 3.16. The van der Waals surface area contributed by atoms with E-state index in [1.54, 1.807) is 43.3 Å². The first-order chi connectivity index (χ1) is 18.2. The van der Waals surface area contributed by atoms with Gasteiger partial charge in [0.2, 0.25) is 0 Å². The largest absolute Gasteiger partial charge is 0.490 e. The smallest absolute Gasteiger partial charge is 0.416 e. The van der Waals surface area contributed by atoms with Gasteiger partial charge in [0, 0.05) is 5.69 Å². The molecule has 0 atom stereocenters. The van der Waals surface area contributed by atoms with E-state index >= 15 is 0 Å². The van der Waals surface area contributed by atoms with E-state index in [0.717, 1.165) is 12.1 Å². The molecule has 0 radical (unpaired) electrons. The molecule has 0 aromatic heterocycles. The number of nitrogens with one attached hydrogen (secondary N) is 1. The molecule has 1 aliphatic heterocycles. The van der Waals surface area contributed by atoms with Gasteiger partial charge < -0.3 is 14.8 Å². The quantitative estimate of drug-likeness (QED) is 0.251. The van der Waals surface area contributed by atoms with Crippen LogP contribution < -0.4 is 19.7 Å². The van der Waals surface area contributed by atoms with Crippen LogP contribution in [0.25, 0.3) is 6.08 Å². The first-order valence-electron chi connectivity index (χ1n) is 11.4. The molecule has 3 aromatic carbocycles. The number of hydrogen-bond acceptors (Lipinski definition) is 6. The number of rotatable bonds is 8. The number of benzene rings is 3. The molecule has 1 saturated heterocycles. The van der Waals surface area contributed by atoms with Crippen molar-refractivity contribution in [2.75, 3.05) is 23.4 Å². The second kappa shape index (κ2) is 11.7. The van der Waals surface area contributed by atoms with Crippen molar-refractivity contribution in [1.29, 1.82) is 0 Å². The molecule has 11 heteroatoms. The molecule has 38 heavy (non-hydrogen) atoms. The number of thioether (sulfide) groups is 1. The van der Waals surface area contributed by atoms with E-state index in [1.165, 1.54) is 28.8 Å². The Bertz CT molecular complexity index is 1390. The first-order valence-corrected chi connectivity index (χ1v) is 12.6. The summed E-state index contributed by atoms with van der Waals surface area (Å²) in [6.07, 6.45) is -2.83. The van der Waals surface area contributed by atoms with E-state index in [4.69, 9.17) is 21.7 Å². The van der Waals surface area contributed by atoms with E-state index in [-0.39, 0.29) is 17.3 Å². The minimum atomic E-state index is -4.52. The van der Waals surface area contributed by atoms with E-state index in [2.05, 4.69) is 5.32 Å². The molecule has 0 unspecified atom stereocenters. The number of carbonyl (C=O) groups is 2. The van der Waals surface area contributed by atoms with E-state index in [9.17, 15) is 22.8 Å². The standard InChI is InChI=1S/C27H21F3N2O4S2/c1-2-35-22-13-17(14-23-25(34)32(26(37)38-23)20-9-4-3-5-10-20)11-12-21(22)36-16-24(33)31-19-8-6-7-18(15-19)27(28,29)30/h3-15H,2,16H2,1H3,(H,31,33)/b23-14-. The number of nitrogens with zero attached hydrogens (tertiary/aromatic N) is 1. The van der Waals surface area contributed by atoms with Gasteiger partial charge in [-0.05, 0) is 61.0 Å². The third-order valence-electron chi connectivity index (χ3n) is 5.21. The summed E-state index contributed by atoms with van der Waals surface area (Å²) in [6, 6.07) is 18.4. The molecule has 1 fully saturated rings. The highest BCUT2D eigenvalue weighted by atomic mass is 32.2. The average molecular weight is 559 g/mol. The lowest BCUT2D eigenvalue weighted by Crippen LogP contribution is -2.27. The van der Waals surface area contributed by atoms with E-state index in [1.807, 2.05) is 18.2 Å². The Hall–Kier alpha value is -3.83. The number of amides is 2. The summed E-state index contributed by atoms with van der Waals surface area (Å²) in [5.74, 6) is -0.275. The van der Waals surface area contributed by atoms with Crippen molar-refractivity contribution < 1.29 is 32.2 Å². The van der Waals surface area contributed by atoms with Crippen LogP contribution in [0.3, 0.4) is 0 Å². The van der Waals surface area contributed by atoms with Gasteiger partial charge in [0.25, 0.3) is 11.8 Å². The van der Waals surface area contributed by atoms with Gasteiger partial charge in [-0.25, -0.2) is 0 Å². The number of carbonyl (C=O) groups excluding carboxylic acids is 2. The zero-order valence-corrected chi connectivity index (χ0v) is 21.6. The lowest BCUT2D eigenvalue weighted by molar-refractivity contribution is -0.137. The van der Waals surface area contributed by atoms with Crippen LogP contribution >= 0.6 is 24.0 Å². The number of ether oxygens (including phenoxy) is 2. The van der Waals surface area contributed by atoms with Crippen LogP contribution in [0.4, 0.5) is 24.5 Å². The molecular formula is C27H21F3N2O4S2. The van der Waals surface area contributed by atoms with Crippen molar-refractivity contribution in [2.45, 2.75) is 13.1 Å². The van der Waals surface area contributed by atoms with Gasteiger partial charge in [-0.2, -0.15) is 13.2 Å². The Morgan fingerprint density at radius 2 is 1.79 bits per heavy atom. The van der Waals surface area contributed by atoms with Crippen molar-refractivity contribution in [2.24, 2.45) is 0 Å². The van der Waals surface area contributed by atoms with Crippen molar-refractivity contribution >= 4 is 57.6 Å². The first kappa shape index (κ1) is 27.2. The molecule has 4 rings (SSSR count). The maximum absolute atomic E-state index is 13.0. The highest BCUT2D eigenvalue weighted by Gasteiger charge is 2.33. The summed E-state index contributed by atoms with van der Waals surface area (Å²) in [7, 11) is 0. The summed E-state index contributed by atoms with van der Waals surface area (Å²) < 4.78 is 50.4. The van der Waals surface area contributed by atoms with Gasteiger partial charge in [0.15, 0.2) is 22.4 Å². The Labute approximate surface area is 226 Å². The van der Waals surface area contributed by atoms with Crippen molar-refractivity contribution in [3.63, 3.8) is 0 Å². The van der Waals surface area contributed by atoms with Crippen LogP contribution in [-0.2, 0) is 15.8 Å². The zero-order chi connectivity index (χ0) is 27.3. The highest BCUT2D eigenvalue weighted by molar-refractivity contribution is 8.27. The van der Waals surface area contributed by atoms with Gasteiger partial charge in [-0.1, -0.05) is 54.3 Å². The number of para-hydroxylation sites is 1. The summed E-state index contributed by atoms with van der Waals surface area (Å²) in [5, 5.41) is 2.39. The van der Waals surface area contributed by atoms with Crippen molar-refractivity contribution in [3.8, 4) is 11.5 Å². The predicted octanol–water partition coefficient (Wildman–Crippen LogP) is 6.53. The van der Waals surface area contributed by atoms with Gasteiger partial charge in [-0.15, -0.1) is 0 Å². The number of anilines is 2. The molecule has 3 aromatic rings. The van der Waals surface area contributed by atoms with Gasteiger partial charge in [0.05, 0.1) is 22.8 Å². The maximum Gasteiger partial charge on any atom is 0.416 e. The molecule has 1 N–H and O–H groups in total. The molecular weight excluding hydrogens is 537 g/mol. The Balaban J connectivity index is 1.45. The van der Waals surface area contributed by atoms with Crippen molar-refractivity contribution in [1.82, 2.24) is 0 Å². The SMILES string of the molecule is CCOc1cc(/C=C2\SC(=S)N(c3ccccc3)C2=O)ccc1OCC(=O)Nc1cccc(C(F)(F)F)c1. The maximum atomic E-state index is 13.0. The van der Waals surface area contributed by atoms with E-state index in [0.29, 0.717) is 32.8 Å². The fourth-order valence-electron chi connectivity index (χ4n) is 3.53. The molecule has 6 nitrogen and oxygen atoms in total. The summed E-state index contributed by atoms with van der Waals surface area (Å²) in [4.78, 5) is 27.2. The predicted molar refractivity (Wildman–Crippen MR) is 145 cm³/mol. The third kappa shape index (κ3) is 6.53. The highest BCUT2D eigenvalue weighted by Crippen LogP contribution is 2.37. The summed E-state index contributed by atoms with van der Waals surface area (Å²) in [5.41, 5.74) is 0.469. The minimum absolute atomic E-state index is 0.00150. The monoisotopic (exact) mass is 558 g/mol. The second-order valence-corrected chi connectivity index (χ2v) is 9.58. The molecule has 1 heterocycles. The normalized spacial score (nSPS) is 14.6. The second-order valence-electron chi connectivity index (χ2n) is 7.91. The molecule has 196 valence electrons. The Morgan fingerprint density at radius 3 is 2.50 bits per heavy atom. The van der Waals surface area contributed by atoms with Crippen LogP contribution in [0.15, 0.2) is 77.7 Å². The van der Waals surface area contributed by atoms with Crippen LogP contribution in [0.2, 0.25) is 0 Å². The Morgan fingerprint density at radius 1 is 1.03 bits per heavy atom. The third-order valence-corrected chi connectivity index (χ3v) is 6.51. The minimum Gasteiger partial charge on any atom is -0.490 e. The zero-order valence-electron chi connectivity index (χ0n) is 20.0. The van der Waals surface area contributed by atoms with Crippen LogP contribution in [-0.4, -0.2) is 29.3 Å². The molecule has 2 amide bonds. The van der Waals surface area contributed by atoms with Gasteiger partial charge >= 0.3 is 6.18 Å². The molecule has 0 aliphatic carbocycles. The molecule has 0 spiro atoms. The van der Waals surface area contributed by atoms with E-state index < -0.39 is 24.3 Å². The van der Waals surface area contributed by atoms with Gasteiger partial charge in [-0.3, -0.25) is 14.5 Å². The lowest BCUT2D eigenvalue weighted by atomic mass is 10.1. The number of alkyl halides is 3. The summed E-state index contributed by atoms with van der Waals surface area (Å²) >= 11 is 6.59. The van der Waals surface area contributed by atoms with Crippen LogP contribution in [0.5, 0.6) is 11.5 Å². The fourth-order valence-corrected chi connectivity index (χ4v) is 4.83. The topological polar surface area (TPSA) is 67.9 Å². The molecule has 1 aliphatic rings.